The third-order valence-corrected chi connectivity index (χ3v) is 6.73. The fourth-order valence-electron chi connectivity index (χ4n) is 5.58. The van der Waals surface area contributed by atoms with Crippen molar-refractivity contribution >= 4 is 33.4 Å². The Morgan fingerprint density at radius 1 is 1.20 bits per heavy atom. The minimum absolute atomic E-state index is 0.0357. The number of hydrogen-bond donors (Lipinski definition) is 3. The van der Waals surface area contributed by atoms with E-state index in [0.29, 0.717) is 12.5 Å². The fraction of sp³-hybridized carbons (Fsp3) is 0.333. The molecule has 6 nitrogen and oxygen atoms in total. The van der Waals surface area contributed by atoms with Gasteiger partial charge in [-0.3, -0.25) is 4.79 Å². The first-order chi connectivity index (χ1) is 14.5. The van der Waals surface area contributed by atoms with Gasteiger partial charge in [-0.25, -0.2) is 0 Å². The Hall–Kier alpha value is -3.28. The van der Waals surface area contributed by atoms with Crippen LogP contribution in [0.3, 0.4) is 0 Å². The van der Waals surface area contributed by atoms with Crippen molar-refractivity contribution in [3.05, 3.63) is 46.8 Å². The summed E-state index contributed by atoms with van der Waals surface area (Å²) >= 11 is 0. The number of nitrogens with one attached hydrogen (secondary N) is 2. The van der Waals surface area contributed by atoms with E-state index in [2.05, 4.69) is 51.8 Å². The van der Waals surface area contributed by atoms with Gasteiger partial charge in [-0.1, -0.05) is 13.8 Å². The number of rotatable bonds is 2. The van der Waals surface area contributed by atoms with Crippen molar-refractivity contribution in [2.24, 2.45) is 13.0 Å². The smallest absolute Gasteiger partial charge is 0.252 e. The Kier molecular flexibility index (Phi) is 3.44. The van der Waals surface area contributed by atoms with Crippen LogP contribution in [0.5, 0.6) is 0 Å². The van der Waals surface area contributed by atoms with Gasteiger partial charge in [-0.05, 0) is 41.7 Å². The molecule has 0 spiro atoms. The zero-order valence-electron chi connectivity index (χ0n) is 17.6. The molecule has 3 heterocycles. The summed E-state index contributed by atoms with van der Waals surface area (Å²) < 4.78 is 4.54. The summed E-state index contributed by atoms with van der Waals surface area (Å²) in [5, 5.41) is 8.78. The molecular formula is C24H26N5O+. The molecule has 0 radical (unpaired) electrons. The van der Waals surface area contributed by atoms with Gasteiger partial charge < -0.3 is 15.6 Å². The van der Waals surface area contributed by atoms with E-state index in [1.165, 1.54) is 27.7 Å². The molecule has 0 bridgehead atoms. The molecule has 6 rings (SSSR count). The Labute approximate surface area is 174 Å². The maximum atomic E-state index is 13.0. The number of carbonyl (C=O) groups is 1. The summed E-state index contributed by atoms with van der Waals surface area (Å²) in [6.07, 6.45) is 3.94. The number of aromatic amines is 1. The number of anilines is 1. The van der Waals surface area contributed by atoms with Crippen molar-refractivity contribution in [3.63, 3.8) is 0 Å². The predicted octanol–water partition coefficient (Wildman–Crippen LogP) is 3.19. The molecule has 0 saturated heterocycles. The van der Waals surface area contributed by atoms with Crippen molar-refractivity contribution in [1.82, 2.24) is 15.0 Å². The number of H-pyrrole nitrogens is 1. The van der Waals surface area contributed by atoms with Crippen molar-refractivity contribution in [2.75, 3.05) is 5.73 Å². The highest BCUT2D eigenvalue weighted by molar-refractivity contribution is 6.19. The number of nitrogens with two attached hydrogens (primary N) is 1. The van der Waals surface area contributed by atoms with Gasteiger partial charge in [0.2, 0.25) is 5.69 Å². The normalized spacial score (nSPS) is 15.0. The van der Waals surface area contributed by atoms with Crippen LogP contribution < -0.4 is 15.7 Å². The standard InChI is InChI=1S/C24H25N5O/c1-12(2)11-29-19-6-4-13(25)8-15(19)21-17-9-26-24(30)22(17)20-14(23(21)29)5-7-18-16(20)10-27-28(18)3/h4,6,8,10,12H,5,7,9,11,25H2,1-3H3,(H,26,30)/p+1. The number of aromatic nitrogens is 3. The van der Waals surface area contributed by atoms with E-state index < -0.39 is 0 Å². The molecule has 0 atom stereocenters. The van der Waals surface area contributed by atoms with Crippen LogP contribution in [0, 0.1) is 5.92 Å². The predicted molar refractivity (Wildman–Crippen MR) is 118 cm³/mol. The summed E-state index contributed by atoms with van der Waals surface area (Å²) in [4.78, 5) is 13.0. The van der Waals surface area contributed by atoms with Crippen LogP contribution in [-0.2, 0) is 33.0 Å². The Bertz CT molecular complexity index is 1390. The first-order valence-electron chi connectivity index (χ1n) is 10.7. The van der Waals surface area contributed by atoms with Crippen LogP contribution in [-0.4, -0.2) is 15.6 Å². The zero-order valence-corrected chi connectivity index (χ0v) is 17.6. The molecule has 2 aromatic carbocycles. The molecule has 152 valence electrons. The lowest BCUT2D eigenvalue weighted by Crippen LogP contribution is -2.35. The molecule has 1 amide bonds. The fourth-order valence-corrected chi connectivity index (χ4v) is 5.58. The van der Waals surface area contributed by atoms with E-state index in [-0.39, 0.29) is 5.91 Å². The highest BCUT2D eigenvalue weighted by Crippen LogP contribution is 2.46. The summed E-state index contributed by atoms with van der Waals surface area (Å²) in [6.45, 7) is 6.01. The van der Waals surface area contributed by atoms with Crippen molar-refractivity contribution in [2.45, 2.75) is 39.8 Å². The van der Waals surface area contributed by atoms with Crippen LogP contribution >= 0.6 is 0 Å². The second-order valence-electron chi connectivity index (χ2n) is 9.09. The average Bonchev–Trinajstić information content (AvgIpc) is 3.36. The lowest BCUT2D eigenvalue weighted by Gasteiger charge is -2.21. The van der Waals surface area contributed by atoms with E-state index in [1.54, 1.807) is 0 Å². The molecule has 1 aliphatic carbocycles. The molecule has 0 unspecified atom stereocenters. The number of aryl methyl sites for hydroxylation is 2. The minimum atomic E-state index is 0.0357. The molecule has 6 heteroatoms. The number of carbonyl (C=O) groups excluding carboxylic acids is 1. The largest absolute Gasteiger partial charge is 0.399 e. The lowest BCUT2D eigenvalue weighted by atomic mass is 9.82. The van der Waals surface area contributed by atoms with E-state index in [9.17, 15) is 4.79 Å². The summed E-state index contributed by atoms with van der Waals surface area (Å²) in [6, 6.07) is 6.20. The second kappa shape index (κ2) is 5.88. The van der Waals surface area contributed by atoms with Crippen LogP contribution in [0.1, 0.15) is 41.0 Å². The molecule has 0 fully saturated rings. The topological polar surface area (TPSA) is 79.7 Å². The number of benzene rings is 2. The SMILES string of the molecule is CC(C)Cn1c2ccc(N)cc2c2c3c(c4c(c21)CCc1c-4c[nH][n+]1C)C(=O)NC3. The van der Waals surface area contributed by atoms with Crippen LogP contribution in [0.4, 0.5) is 5.69 Å². The Morgan fingerprint density at radius 3 is 2.83 bits per heavy atom. The summed E-state index contributed by atoms with van der Waals surface area (Å²) in [7, 11) is 2.04. The highest BCUT2D eigenvalue weighted by Gasteiger charge is 2.37. The van der Waals surface area contributed by atoms with Gasteiger partial charge in [0.05, 0.1) is 22.8 Å². The van der Waals surface area contributed by atoms with E-state index >= 15 is 0 Å². The van der Waals surface area contributed by atoms with Gasteiger partial charge in [0, 0.05) is 47.1 Å². The van der Waals surface area contributed by atoms with Gasteiger partial charge in [-0.15, -0.1) is 4.68 Å². The summed E-state index contributed by atoms with van der Waals surface area (Å²) in [5.74, 6) is 0.544. The van der Waals surface area contributed by atoms with Gasteiger partial charge in [0.25, 0.3) is 5.91 Å². The van der Waals surface area contributed by atoms with E-state index in [1.807, 2.05) is 13.1 Å². The number of nitrogen functional groups attached to an aromatic ring is 1. The Morgan fingerprint density at radius 2 is 2.03 bits per heavy atom. The highest BCUT2D eigenvalue weighted by atomic mass is 16.1. The number of amides is 1. The van der Waals surface area contributed by atoms with E-state index in [4.69, 9.17) is 5.73 Å². The number of nitrogens with zero attached hydrogens (tertiary/aromatic N) is 2. The molecular weight excluding hydrogens is 374 g/mol. The van der Waals surface area contributed by atoms with Crippen LogP contribution in [0.2, 0.25) is 0 Å². The third-order valence-electron chi connectivity index (χ3n) is 6.73. The molecule has 4 aromatic rings. The molecule has 4 N–H and O–H groups in total. The van der Waals surface area contributed by atoms with Gasteiger partial charge in [-0.2, -0.15) is 5.10 Å². The molecule has 2 aromatic heterocycles. The Balaban J connectivity index is 1.86. The van der Waals surface area contributed by atoms with Crippen molar-refractivity contribution in [3.8, 4) is 11.1 Å². The second-order valence-corrected chi connectivity index (χ2v) is 9.09. The number of fused-ring (bicyclic) bond motifs is 10. The van der Waals surface area contributed by atoms with E-state index in [0.717, 1.165) is 52.7 Å². The van der Waals surface area contributed by atoms with Gasteiger partial charge >= 0.3 is 0 Å². The third kappa shape index (κ3) is 2.13. The van der Waals surface area contributed by atoms with Gasteiger partial charge in [0.15, 0.2) is 7.05 Å². The first kappa shape index (κ1) is 17.6. The van der Waals surface area contributed by atoms with Gasteiger partial charge in [0.1, 0.15) is 0 Å². The molecule has 30 heavy (non-hydrogen) atoms. The molecule has 0 saturated carbocycles. The maximum Gasteiger partial charge on any atom is 0.252 e. The van der Waals surface area contributed by atoms with Crippen molar-refractivity contribution in [1.29, 1.82) is 0 Å². The average molecular weight is 401 g/mol. The number of hydrogen-bond acceptors (Lipinski definition) is 2. The maximum absolute atomic E-state index is 13.0. The van der Waals surface area contributed by atoms with Crippen LogP contribution in [0.15, 0.2) is 24.4 Å². The molecule has 2 aliphatic rings. The zero-order chi connectivity index (χ0) is 20.7. The monoisotopic (exact) mass is 400 g/mol. The summed E-state index contributed by atoms with van der Waals surface area (Å²) in [5.41, 5.74) is 16.2. The van der Waals surface area contributed by atoms with Crippen molar-refractivity contribution < 1.29 is 9.48 Å². The van der Waals surface area contributed by atoms with Crippen LogP contribution in [0.25, 0.3) is 32.9 Å². The lowest BCUT2D eigenvalue weighted by molar-refractivity contribution is -0.733. The quantitative estimate of drug-likeness (QED) is 0.357. The first-order valence-corrected chi connectivity index (χ1v) is 10.7. The molecule has 1 aliphatic heterocycles. The minimum Gasteiger partial charge on any atom is -0.399 e.